The Hall–Kier alpha value is -1.18. The molecular weight excluding hydrogens is 126 g/mol. The molecule has 3 N–H and O–H groups in total. The lowest BCUT2D eigenvalue weighted by atomic mass is 10.1. The van der Waals surface area contributed by atoms with Crippen LogP contribution >= 0.6 is 0 Å². The van der Waals surface area contributed by atoms with Crippen LogP contribution in [0.25, 0.3) is 0 Å². The first-order chi connectivity index (χ1) is 4.61. The minimum atomic E-state index is 0.275. The van der Waals surface area contributed by atoms with E-state index < -0.39 is 0 Å². The predicted molar refractivity (Wildman–Crippen MR) is 42.0 cm³/mol. The second kappa shape index (κ2) is 2.21. The average Bonchev–Trinajstić information content (AvgIpc) is 1.82. The van der Waals surface area contributed by atoms with Gasteiger partial charge in [-0.15, -0.1) is 0 Å². The summed E-state index contributed by atoms with van der Waals surface area (Å²) < 4.78 is 0. The van der Waals surface area contributed by atoms with Gasteiger partial charge in [0.05, 0.1) is 0 Å². The van der Waals surface area contributed by atoms with E-state index in [4.69, 9.17) is 5.73 Å². The SMILES string of the molecule is Cc1cc(N)cc(O)c1C. The van der Waals surface area contributed by atoms with E-state index in [1.54, 1.807) is 6.07 Å². The molecule has 0 bridgehead atoms. The van der Waals surface area contributed by atoms with E-state index in [9.17, 15) is 5.11 Å². The van der Waals surface area contributed by atoms with Gasteiger partial charge in [-0.2, -0.15) is 0 Å². The lowest BCUT2D eigenvalue weighted by Gasteiger charge is -2.03. The minimum Gasteiger partial charge on any atom is -0.508 e. The van der Waals surface area contributed by atoms with E-state index in [0.29, 0.717) is 5.69 Å². The molecule has 54 valence electrons. The molecule has 1 aromatic carbocycles. The van der Waals surface area contributed by atoms with E-state index >= 15 is 0 Å². The van der Waals surface area contributed by atoms with Crippen molar-refractivity contribution < 1.29 is 5.11 Å². The van der Waals surface area contributed by atoms with Crippen molar-refractivity contribution in [2.45, 2.75) is 13.8 Å². The molecule has 0 aliphatic heterocycles. The highest BCUT2D eigenvalue weighted by atomic mass is 16.3. The predicted octanol–water partition coefficient (Wildman–Crippen LogP) is 1.59. The molecule has 1 rings (SSSR count). The van der Waals surface area contributed by atoms with Gasteiger partial charge in [-0.1, -0.05) is 0 Å². The van der Waals surface area contributed by atoms with Crippen molar-refractivity contribution in [3.8, 4) is 5.75 Å². The minimum absolute atomic E-state index is 0.275. The zero-order valence-electron chi connectivity index (χ0n) is 6.18. The van der Waals surface area contributed by atoms with Crippen molar-refractivity contribution in [2.24, 2.45) is 0 Å². The van der Waals surface area contributed by atoms with Crippen LogP contribution in [0.3, 0.4) is 0 Å². The first kappa shape index (κ1) is 6.93. The molecule has 0 amide bonds. The van der Waals surface area contributed by atoms with Crippen molar-refractivity contribution in [1.29, 1.82) is 0 Å². The number of aryl methyl sites for hydroxylation is 1. The van der Waals surface area contributed by atoms with Crippen LogP contribution < -0.4 is 5.73 Å². The summed E-state index contributed by atoms with van der Waals surface area (Å²) >= 11 is 0. The summed E-state index contributed by atoms with van der Waals surface area (Å²) in [6, 6.07) is 3.40. The fourth-order valence-corrected chi connectivity index (χ4v) is 0.868. The summed E-state index contributed by atoms with van der Waals surface area (Å²) in [4.78, 5) is 0. The lowest BCUT2D eigenvalue weighted by molar-refractivity contribution is 0.471. The molecule has 0 aliphatic carbocycles. The lowest BCUT2D eigenvalue weighted by Crippen LogP contribution is -1.88. The van der Waals surface area contributed by atoms with Gasteiger partial charge in [0.25, 0.3) is 0 Å². The van der Waals surface area contributed by atoms with Gasteiger partial charge in [0.15, 0.2) is 0 Å². The summed E-state index contributed by atoms with van der Waals surface area (Å²) in [5.74, 6) is 0.275. The molecule has 10 heavy (non-hydrogen) atoms. The summed E-state index contributed by atoms with van der Waals surface area (Å²) in [6.07, 6.45) is 0. The number of aromatic hydroxyl groups is 1. The summed E-state index contributed by atoms with van der Waals surface area (Å²) in [5.41, 5.74) is 8.00. The van der Waals surface area contributed by atoms with Crippen molar-refractivity contribution in [2.75, 3.05) is 5.73 Å². The fraction of sp³-hybridized carbons (Fsp3) is 0.250. The Balaban J connectivity index is 3.31. The number of rotatable bonds is 0. The Morgan fingerprint density at radius 2 is 1.90 bits per heavy atom. The molecule has 0 radical (unpaired) electrons. The zero-order chi connectivity index (χ0) is 7.72. The standard InChI is InChI=1S/C8H11NO/c1-5-3-7(9)4-8(10)6(5)2/h3-4,10H,9H2,1-2H3. The van der Waals surface area contributed by atoms with Crippen molar-refractivity contribution in [3.05, 3.63) is 23.3 Å². The molecule has 0 unspecified atom stereocenters. The third-order valence-electron chi connectivity index (χ3n) is 1.66. The van der Waals surface area contributed by atoms with E-state index in [-0.39, 0.29) is 5.75 Å². The number of nitrogen functional groups attached to an aromatic ring is 1. The third kappa shape index (κ3) is 1.05. The van der Waals surface area contributed by atoms with Crippen molar-refractivity contribution in [1.82, 2.24) is 0 Å². The highest BCUT2D eigenvalue weighted by Crippen LogP contribution is 2.22. The number of phenols is 1. The van der Waals surface area contributed by atoms with E-state index in [1.807, 2.05) is 19.9 Å². The second-order valence-electron chi connectivity index (χ2n) is 2.48. The normalized spacial score (nSPS) is 9.80. The summed E-state index contributed by atoms with van der Waals surface area (Å²) in [6.45, 7) is 3.79. The molecule has 0 saturated carbocycles. The van der Waals surface area contributed by atoms with E-state index in [0.717, 1.165) is 11.1 Å². The molecule has 0 saturated heterocycles. The Kier molecular flexibility index (Phi) is 1.53. The maximum absolute atomic E-state index is 9.20. The molecule has 2 nitrogen and oxygen atoms in total. The molecule has 0 atom stereocenters. The van der Waals surface area contributed by atoms with Crippen molar-refractivity contribution in [3.63, 3.8) is 0 Å². The molecule has 2 heteroatoms. The van der Waals surface area contributed by atoms with Crippen LogP contribution in [0.5, 0.6) is 5.75 Å². The maximum atomic E-state index is 9.20. The molecular formula is C8H11NO. The molecule has 1 aromatic rings. The van der Waals surface area contributed by atoms with Gasteiger partial charge in [0.1, 0.15) is 5.75 Å². The third-order valence-corrected chi connectivity index (χ3v) is 1.66. The van der Waals surface area contributed by atoms with E-state index in [1.165, 1.54) is 0 Å². The van der Waals surface area contributed by atoms with Gasteiger partial charge in [-0.05, 0) is 31.0 Å². The van der Waals surface area contributed by atoms with Crippen LogP contribution in [0, 0.1) is 13.8 Å². The number of nitrogens with two attached hydrogens (primary N) is 1. The summed E-state index contributed by atoms with van der Waals surface area (Å²) in [5, 5.41) is 9.20. The van der Waals surface area contributed by atoms with Gasteiger partial charge >= 0.3 is 0 Å². The number of anilines is 1. The fourth-order valence-electron chi connectivity index (χ4n) is 0.868. The Bertz CT molecular complexity index is 232. The Labute approximate surface area is 60.3 Å². The monoisotopic (exact) mass is 137 g/mol. The molecule has 0 fully saturated rings. The molecule has 0 spiro atoms. The largest absolute Gasteiger partial charge is 0.508 e. The smallest absolute Gasteiger partial charge is 0.120 e. The first-order valence-electron chi connectivity index (χ1n) is 3.17. The Morgan fingerprint density at radius 1 is 1.30 bits per heavy atom. The van der Waals surface area contributed by atoms with Crippen LogP contribution in [-0.2, 0) is 0 Å². The van der Waals surface area contributed by atoms with Crippen molar-refractivity contribution >= 4 is 5.69 Å². The zero-order valence-corrected chi connectivity index (χ0v) is 6.18. The van der Waals surface area contributed by atoms with Gasteiger partial charge in [-0.25, -0.2) is 0 Å². The number of phenolic OH excluding ortho intramolecular Hbond substituents is 1. The Morgan fingerprint density at radius 3 is 2.40 bits per heavy atom. The first-order valence-corrected chi connectivity index (χ1v) is 3.17. The van der Waals surface area contributed by atoms with Crippen LogP contribution in [0.15, 0.2) is 12.1 Å². The van der Waals surface area contributed by atoms with Crippen LogP contribution in [-0.4, -0.2) is 5.11 Å². The molecule has 0 aliphatic rings. The summed E-state index contributed by atoms with van der Waals surface area (Å²) in [7, 11) is 0. The van der Waals surface area contributed by atoms with Crippen LogP contribution in [0.4, 0.5) is 5.69 Å². The van der Waals surface area contributed by atoms with Crippen LogP contribution in [0.2, 0.25) is 0 Å². The number of benzene rings is 1. The highest BCUT2D eigenvalue weighted by Gasteiger charge is 1.98. The van der Waals surface area contributed by atoms with Gasteiger partial charge in [-0.3, -0.25) is 0 Å². The molecule has 0 heterocycles. The van der Waals surface area contributed by atoms with Gasteiger partial charge in [0, 0.05) is 11.8 Å². The number of hydrogen-bond donors (Lipinski definition) is 2. The van der Waals surface area contributed by atoms with Gasteiger partial charge in [0.2, 0.25) is 0 Å². The maximum Gasteiger partial charge on any atom is 0.120 e. The second-order valence-corrected chi connectivity index (χ2v) is 2.48. The van der Waals surface area contributed by atoms with Gasteiger partial charge < -0.3 is 10.8 Å². The van der Waals surface area contributed by atoms with E-state index in [2.05, 4.69) is 0 Å². The molecule has 0 aromatic heterocycles. The quantitative estimate of drug-likeness (QED) is 0.533. The average molecular weight is 137 g/mol. The number of hydrogen-bond acceptors (Lipinski definition) is 2. The topological polar surface area (TPSA) is 46.2 Å². The van der Waals surface area contributed by atoms with Crippen LogP contribution in [0.1, 0.15) is 11.1 Å². The highest BCUT2D eigenvalue weighted by molar-refractivity contribution is 5.51.